The van der Waals surface area contributed by atoms with Gasteiger partial charge in [-0.1, -0.05) is 103 Å². The summed E-state index contributed by atoms with van der Waals surface area (Å²) in [5.41, 5.74) is 6.53. The molecular formula is C39H36FN3O. The van der Waals surface area contributed by atoms with E-state index >= 15 is 0 Å². The Balaban J connectivity index is 1.24. The minimum Gasteiger partial charge on any atom is -0.361 e. The summed E-state index contributed by atoms with van der Waals surface area (Å²) in [6, 6.07) is 38.1. The number of fused-ring (bicyclic) bond motifs is 3. The van der Waals surface area contributed by atoms with E-state index in [2.05, 4.69) is 88.7 Å². The third-order valence-corrected chi connectivity index (χ3v) is 9.25. The molecule has 1 aliphatic heterocycles. The first kappa shape index (κ1) is 28.1. The van der Waals surface area contributed by atoms with Crippen LogP contribution in [0.3, 0.4) is 0 Å². The predicted molar refractivity (Wildman–Crippen MR) is 176 cm³/mol. The maximum absolute atomic E-state index is 14.9. The Hall–Kier alpha value is -4.74. The third kappa shape index (κ3) is 5.29. The van der Waals surface area contributed by atoms with E-state index in [0.29, 0.717) is 18.5 Å². The van der Waals surface area contributed by atoms with Gasteiger partial charge >= 0.3 is 0 Å². The Labute approximate surface area is 257 Å². The number of aromatic amines is 1. The summed E-state index contributed by atoms with van der Waals surface area (Å²) in [6.07, 6.45) is 3.57. The van der Waals surface area contributed by atoms with E-state index in [4.69, 9.17) is 0 Å². The second-order valence-electron chi connectivity index (χ2n) is 11.8. The lowest BCUT2D eigenvalue weighted by Crippen LogP contribution is -2.51. The lowest BCUT2D eigenvalue weighted by atomic mass is 9.85. The third-order valence-electron chi connectivity index (χ3n) is 9.25. The summed E-state index contributed by atoms with van der Waals surface area (Å²) in [6.45, 7) is 3.49. The standard InChI is InChI=1S/C39H36FN3O/c1-27(43-24-22-29-12-3-6-17-34(29)38(43)35-18-10-14-28-11-2-5-15-32(28)35)39(44)42(26-31-13-4-8-19-36(31)40)23-21-30-25-41-37-20-9-7-16-33(30)37/h2-20,25,27,38,41H,21-24,26H2,1H3/t27-,38+/m0/s1. The van der Waals surface area contributed by atoms with Crippen LogP contribution in [0, 0.1) is 5.82 Å². The topological polar surface area (TPSA) is 39.3 Å². The van der Waals surface area contributed by atoms with Gasteiger partial charge in [0.1, 0.15) is 5.82 Å². The molecule has 0 spiro atoms. The number of benzene rings is 5. The largest absolute Gasteiger partial charge is 0.361 e. The van der Waals surface area contributed by atoms with Crippen molar-refractivity contribution in [3.63, 3.8) is 0 Å². The molecule has 0 saturated heterocycles. The van der Waals surface area contributed by atoms with Crippen LogP contribution in [0.4, 0.5) is 4.39 Å². The molecule has 1 aliphatic rings. The molecule has 0 saturated carbocycles. The summed E-state index contributed by atoms with van der Waals surface area (Å²) in [5.74, 6) is -0.275. The summed E-state index contributed by atoms with van der Waals surface area (Å²) >= 11 is 0. The van der Waals surface area contributed by atoms with Crippen LogP contribution in [0.25, 0.3) is 21.7 Å². The fourth-order valence-electron chi connectivity index (χ4n) is 6.94. The van der Waals surface area contributed by atoms with E-state index in [1.807, 2.05) is 36.2 Å². The molecule has 0 bridgehead atoms. The average molecular weight is 582 g/mol. The molecule has 5 aromatic carbocycles. The van der Waals surface area contributed by atoms with Crippen molar-refractivity contribution in [1.82, 2.24) is 14.8 Å². The van der Waals surface area contributed by atoms with E-state index in [0.717, 1.165) is 29.4 Å². The van der Waals surface area contributed by atoms with Gasteiger partial charge < -0.3 is 9.88 Å². The molecule has 0 radical (unpaired) electrons. The summed E-state index contributed by atoms with van der Waals surface area (Å²) in [7, 11) is 0. The zero-order valence-electron chi connectivity index (χ0n) is 24.9. The van der Waals surface area contributed by atoms with Crippen LogP contribution < -0.4 is 0 Å². The van der Waals surface area contributed by atoms with Crippen LogP contribution in [0.5, 0.6) is 0 Å². The fourth-order valence-corrected chi connectivity index (χ4v) is 6.94. The van der Waals surface area contributed by atoms with Crippen molar-refractivity contribution in [2.75, 3.05) is 13.1 Å². The Morgan fingerprint density at radius 3 is 2.43 bits per heavy atom. The minimum absolute atomic E-state index is 0.0118. The maximum atomic E-state index is 14.9. The lowest BCUT2D eigenvalue weighted by Gasteiger charge is -2.42. The van der Waals surface area contributed by atoms with Crippen LogP contribution >= 0.6 is 0 Å². The highest BCUT2D eigenvalue weighted by Gasteiger charge is 2.36. The molecular weight excluding hydrogens is 545 g/mol. The van der Waals surface area contributed by atoms with Gasteiger partial charge in [0.15, 0.2) is 0 Å². The molecule has 0 fully saturated rings. The van der Waals surface area contributed by atoms with Gasteiger partial charge in [-0.2, -0.15) is 0 Å². The van der Waals surface area contributed by atoms with Crippen molar-refractivity contribution < 1.29 is 9.18 Å². The van der Waals surface area contributed by atoms with Crippen molar-refractivity contribution in [2.45, 2.75) is 38.4 Å². The normalized spacial score (nSPS) is 15.7. The number of para-hydroxylation sites is 1. The summed E-state index contributed by atoms with van der Waals surface area (Å²) in [4.78, 5) is 22.1. The monoisotopic (exact) mass is 581 g/mol. The molecule has 2 heterocycles. The lowest BCUT2D eigenvalue weighted by molar-refractivity contribution is -0.138. The van der Waals surface area contributed by atoms with Crippen molar-refractivity contribution >= 4 is 27.6 Å². The fraction of sp³-hybridized carbons (Fsp3) is 0.205. The molecule has 1 aromatic heterocycles. The van der Waals surface area contributed by atoms with Gasteiger partial charge in [-0.25, -0.2) is 4.39 Å². The second kappa shape index (κ2) is 12.1. The Morgan fingerprint density at radius 2 is 1.55 bits per heavy atom. The number of carbonyl (C=O) groups is 1. The predicted octanol–water partition coefficient (Wildman–Crippen LogP) is 8.07. The molecule has 0 unspecified atom stereocenters. The van der Waals surface area contributed by atoms with E-state index in [1.54, 1.807) is 12.1 Å². The van der Waals surface area contributed by atoms with Gasteiger partial charge in [-0.05, 0) is 64.9 Å². The number of hydrogen-bond acceptors (Lipinski definition) is 2. The first-order chi connectivity index (χ1) is 21.6. The van der Waals surface area contributed by atoms with Gasteiger partial charge in [0, 0.05) is 42.3 Å². The number of amides is 1. The molecule has 4 nitrogen and oxygen atoms in total. The molecule has 1 amide bonds. The van der Waals surface area contributed by atoms with Gasteiger partial charge in [0.05, 0.1) is 12.1 Å². The number of aromatic nitrogens is 1. The molecule has 220 valence electrons. The summed E-state index contributed by atoms with van der Waals surface area (Å²) < 4.78 is 14.9. The van der Waals surface area contributed by atoms with Crippen molar-refractivity contribution in [3.05, 3.63) is 155 Å². The second-order valence-corrected chi connectivity index (χ2v) is 11.8. The van der Waals surface area contributed by atoms with E-state index in [9.17, 15) is 9.18 Å². The highest BCUT2D eigenvalue weighted by molar-refractivity contribution is 5.87. The number of rotatable bonds is 8. The van der Waals surface area contributed by atoms with E-state index in [1.165, 1.54) is 33.5 Å². The van der Waals surface area contributed by atoms with E-state index in [-0.39, 0.29) is 24.3 Å². The molecule has 6 aromatic rings. The maximum Gasteiger partial charge on any atom is 0.239 e. The van der Waals surface area contributed by atoms with Gasteiger partial charge in [0.2, 0.25) is 5.91 Å². The number of hydrogen-bond donors (Lipinski definition) is 1. The van der Waals surface area contributed by atoms with Crippen LogP contribution in [0.2, 0.25) is 0 Å². The molecule has 0 aliphatic carbocycles. The zero-order chi connectivity index (χ0) is 30.0. The van der Waals surface area contributed by atoms with Crippen molar-refractivity contribution in [3.8, 4) is 0 Å². The van der Waals surface area contributed by atoms with Gasteiger partial charge in [0.25, 0.3) is 0 Å². The quantitative estimate of drug-likeness (QED) is 0.197. The Morgan fingerprint density at radius 1 is 0.841 bits per heavy atom. The number of halogens is 1. The molecule has 2 atom stereocenters. The highest BCUT2D eigenvalue weighted by Crippen LogP contribution is 2.39. The molecule has 44 heavy (non-hydrogen) atoms. The first-order valence-corrected chi connectivity index (χ1v) is 15.5. The van der Waals surface area contributed by atoms with Crippen LogP contribution in [-0.4, -0.2) is 39.8 Å². The smallest absolute Gasteiger partial charge is 0.239 e. The van der Waals surface area contributed by atoms with Gasteiger partial charge in [-0.3, -0.25) is 9.69 Å². The SMILES string of the molecule is C[C@@H](C(=O)N(CCc1c[nH]c2ccccc12)Cc1ccccc1F)N1CCc2ccccc2[C@@H]1c1cccc2ccccc12. The van der Waals surface area contributed by atoms with Crippen LogP contribution in [-0.2, 0) is 24.2 Å². The molecule has 1 N–H and O–H groups in total. The average Bonchev–Trinajstić information content (AvgIpc) is 3.49. The van der Waals surface area contributed by atoms with Crippen LogP contribution in [0.15, 0.2) is 121 Å². The molecule has 5 heteroatoms. The number of H-pyrrole nitrogens is 1. The summed E-state index contributed by atoms with van der Waals surface area (Å²) in [5, 5.41) is 3.54. The minimum atomic E-state index is -0.415. The number of carbonyl (C=O) groups excluding carboxylic acids is 1. The number of nitrogens with one attached hydrogen (secondary N) is 1. The Bertz CT molecular complexity index is 1940. The van der Waals surface area contributed by atoms with Gasteiger partial charge in [-0.15, -0.1) is 0 Å². The Kier molecular flexibility index (Phi) is 7.71. The van der Waals surface area contributed by atoms with Crippen molar-refractivity contribution in [1.29, 1.82) is 0 Å². The van der Waals surface area contributed by atoms with Crippen LogP contribution in [0.1, 0.15) is 40.8 Å². The van der Waals surface area contributed by atoms with E-state index < -0.39 is 6.04 Å². The first-order valence-electron chi connectivity index (χ1n) is 15.5. The molecule has 7 rings (SSSR count). The highest BCUT2D eigenvalue weighted by atomic mass is 19.1. The zero-order valence-corrected chi connectivity index (χ0v) is 24.9. The number of nitrogens with zero attached hydrogens (tertiary/aromatic N) is 2. The van der Waals surface area contributed by atoms with Crippen molar-refractivity contribution in [2.24, 2.45) is 0 Å².